The maximum atomic E-state index is 12.3. The summed E-state index contributed by atoms with van der Waals surface area (Å²) in [7, 11) is 0. The van der Waals surface area contributed by atoms with Crippen molar-refractivity contribution in [1.29, 1.82) is 0 Å². The highest BCUT2D eigenvalue weighted by molar-refractivity contribution is 6.03. The third-order valence-corrected chi connectivity index (χ3v) is 3.10. The first-order valence-corrected chi connectivity index (χ1v) is 6.30. The molecule has 0 aromatic carbocycles. The van der Waals surface area contributed by atoms with Crippen molar-refractivity contribution in [2.45, 2.75) is 19.4 Å². The largest absolute Gasteiger partial charge is 0.398 e. The maximum absolute atomic E-state index is 12.3. The molecule has 2 heterocycles. The topological polar surface area (TPSA) is 68.5 Å². The van der Waals surface area contributed by atoms with Crippen LogP contribution >= 0.6 is 0 Å². The van der Waals surface area contributed by atoms with Crippen molar-refractivity contribution >= 4 is 11.5 Å². The first kappa shape index (κ1) is 13.0. The Labute approximate surface area is 107 Å². The Kier molecular flexibility index (Phi) is 4.28. The van der Waals surface area contributed by atoms with Gasteiger partial charge >= 0.3 is 0 Å². The van der Waals surface area contributed by atoms with Gasteiger partial charge in [-0.25, -0.2) is 0 Å². The number of rotatable bonds is 4. The van der Waals surface area contributed by atoms with E-state index in [1.807, 2.05) is 0 Å². The number of nitrogens with two attached hydrogens (primary N) is 1. The van der Waals surface area contributed by atoms with Gasteiger partial charge in [0.05, 0.1) is 12.2 Å². The molecule has 5 nitrogen and oxygen atoms in total. The number of carbonyl (C=O) groups is 1. The number of carbonyl (C=O) groups excluding carboxylic acids is 1. The van der Waals surface area contributed by atoms with E-state index in [9.17, 15) is 4.79 Å². The van der Waals surface area contributed by atoms with E-state index in [0.29, 0.717) is 24.4 Å². The van der Waals surface area contributed by atoms with Gasteiger partial charge in [-0.05, 0) is 19.0 Å². The average molecular weight is 249 g/mol. The van der Waals surface area contributed by atoms with E-state index in [0.717, 1.165) is 19.5 Å². The van der Waals surface area contributed by atoms with E-state index < -0.39 is 6.10 Å². The minimum Gasteiger partial charge on any atom is -0.398 e. The van der Waals surface area contributed by atoms with Crippen molar-refractivity contribution in [1.82, 2.24) is 9.88 Å². The van der Waals surface area contributed by atoms with Crippen molar-refractivity contribution in [3.8, 4) is 0 Å². The highest BCUT2D eigenvalue weighted by Gasteiger charge is 2.28. The molecular formula is C13H19N3O2. The van der Waals surface area contributed by atoms with Crippen molar-refractivity contribution in [3.63, 3.8) is 0 Å². The number of nitrogens with zero attached hydrogens (tertiary/aromatic N) is 2. The number of hydrogen-bond donors (Lipinski definition) is 1. The average Bonchev–Trinajstić information content (AvgIpc) is 2.39. The summed E-state index contributed by atoms with van der Waals surface area (Å²) < 4.78 is 5.55. The third kappa shape index (κ3) is 2.86. The molecule has 0 aliphatic carbocycles. The Bertz CT molecular complexity index is 420. The lowest BCUT2D eigenvalue weighted by molar-refractivity contribution is -0.0163. The second-order valence-corrected chi connectivity index (χ2v) is 4.49. The molecule has 18 heavy (non-hydrogen) atoms. The molecule has 0 saturated carbocycles. The predicted octanol–water partition coefficient (Wildman–Crippen LogP) is 0.957. The summed E-state index contributed by atoms with van der Waals surface area (Å²) >= 11 is 0. The van der Waals surface area contributed by atoms with E-state index in [1.54, 1.807) is 12.3 Å². The van der Waals surface area contributed by atoms with Gasteiger partial charge in [0.1, 0.15) is 6.10 Å². The molecule has 2 N–H and O–H groups in total. The lowest BCUT2D eigenvalue weighted by Gasteiger charge is -2.31. The molecule has 1 aliphatic rings. The zero-order chi connectivity index (χ0) is 13.0. The summed E-state index contributed by atoms with van der Waals surface area (Å²) in [4.78, 5) is 18.5. The Morgan fingerprint density at radius 2 is 2.50 bits per heavy atom. The normalized spacial score (nSPS) is 20.8. The highest BCUT2D eigenvalue weighted by atomic mass is 16.5. The van der Waals surface area contributed by atoms with Crippen LogP contribution in [-0.2, 0) is 4.74 Å². The van der Waals surface area contributed by atoms with Gasteiger partial charge in [-0.3, -0.25) is 14.7 Å². The lowest BCUT2D eigenvalue weighted by Crippen LogP contribution is -2.46. The van der Waals surface area contributed by atoms with Crippen LogP contribution in [0.15, 0.2) is 18.5 Å². The highest BCUT2D eigenvalue weighted by Crippen LogP contribution is 2.16. The van der Waals surface area contributed by atoms with Gasteiger partial charge < -0.3 is 10.5 Å². The van der Waals surface area contributed by atoms with Crippen molar-refractivity contribution in [3.05, 3.63) is 24.0 Å². The fourth-order valence-electron chi connectivity index (χ4n) is 2.17. The van der Waals surface area contributed by atoms with E-state index in [-0.39, 0.29) is 5.78 Å². The van der Waals surface area contributed by atoms with Gasteiger partial charge in [-0.15, -0.1) is 0 Å². The van der Waals surface area contributed by atoms with Crippen LogP contribution in [0, 0.1) is 0 Å². The van der Waals surface area contributed by atoms with Crippen LogP contribution in [0.5, 0.6) is 0 Å². The Morgan fingerprint density at radius 3 is 3.22 bits per heavy atom. The number of morpholine rings is 1. The quantitative estimate of drug-likeness (QED) is 0.805. The molecule has 1 aliphatic heterocycles. The molecular weight excluding hydrogens is 230 g/mol. The standard InChI is InChI=1S/C13H19N3O2/c1-2-5-16-6-7-18-12(9-16)13(17)10-8-15-4-3-11(10)14/h3-4,8,12H,2,5-7,9H2,1H3,(H2,14,15). The summed E-state index contributed by atoms with van der Waals surface area (Å²) in [5.74, 6) is -0.0681. The van der Waals surface area contributed by atoms with Gasteiger partial charge in [0.15, 0.2) is 5.78 Å². The molecule has 0 amide bonds. The number of ketones is 1. The maximum Gasteiger partial charge on any atom is 0.196 e. The molecule has 1 saturated heterocycles. The fourth-order valence-corrected chi connectivity index (χ4v) is 2.17. The first-order valence-electron chi connectivity index (χ1n) is 6.30. The minimum absolute atomic E-state index is 0.0681. The molecule has 98 valence electrons. The summed E-state index contributed by atoms with van der Waals surface area (Å²) in [6.07, 6.45) is 3.75. The van der Waals surface area contributed by atoms with Gasteiger partial charge in [-0.1, -0.05) is 6.92 Å². The SMILES string of the molecule is CCCN1CCOC(C(=O)c2cnccc2N)C1. The van der Waals surface area contributed by atoms with Crippen LogP contribution in [0.1, 0.15) is 23.7 Å². The van der Waals surface area contributed by atoms with Crippen LogP contribution in [0.4, 0.5) is 5.69 Å². The van der Waals surface area contributed by atoms with Crippen molar-refractivity contribution in [2.24, 2.45) is 0 Å². The van der Waals surface area contributed by atoms with Crippen LogP contribution in [0.3, 0.4) is 0 Å². The zero-order valence-corrected chi connectivity index (χ0v) is 10.6. The Balaban J connectivity index is 2.07. The second kappa shape index (κ2) is 5.93. The molecule has 5 heteroatoms. The van der Waals surface area contributed by atoms with Gasteiger partial charge in [0.2, 0.25) is 0 Å². The van der Waals surface area contributed by atoms with Gasteiger partial charge in [0, 0.05) is 31.2 Å². The Hall–Kier alpha value is -1.46. The lowest BCUT2D eigenvalue weighted by atomic mass is 10.1. The summed E-state index contributed by atoms with van der Waals surface area (Å²) in [5.41, 5.74) is 6.71. The van der Waals surface area contributed by atoms with E-state index in [1.165, 1.54) is 6.20 Å². The molecule has 0 bridgehead atoms. The molecule has 1 aromatic heterocycles. The van der Waals surface area contributed by atoms with Crippen LogP contribution in [0.25, 0.3) is 0 Å². The smallest absolute Gasteiger partial charge is 0.196 e. The number of anilines is 1. The fraction of sp³-hybridized carbons (Fsp3) is 0.538. The number of aromatic nitrogens is 1. The first-order chi connectivity index (χ1) is 8.72. The van der Waals surface area contributed by atoms with Crippen molar-refractivity contribution in [2.75, 3.05) is 32.0 Å². The third-order valence-electron chi connectivity index (χ3n) is 3.10. The van der Waals surface area contributed by atoms with Gasteiger partial charge in [0.25, 0.3) is 0 Å². The predicted molar refractivity (Wildman–Crippen MR) is 69.5 cm³/mol. The molecule has 1 fully saturated rings. The number of Topliss-reactive ketones (excluding diaryl/α,β-unsaturated/α-hetero) is 1. The number of ether oxygens (including phenoxy) is 1. The molecule has 2 rings (SSSR count). The van der Waals surface area contributed by atoms with E-state index in [2.05, 4.69) is 16.8 Å². The molecule has 1 aromatic rings. The molecule has 1 unspecified atom stereocenters. The van der Waals surface area contributed by atoms with E-state index >= 15 is 0 Å². The van der Waals surface area contributed by atoms with Crippen LogP contribution in [-0.4, -0.2) is 48.0 Å². The molecule has 0 radical (unpaired) electrons. The summed E-state index contributed by atoms with van der Waals surface area (Å²) in [5, 5.41) is 0. The second-order valence-electron chi connectivity index (χ2n) is 4.49. The summed E-state index contributed by atoms with van der Waals surface area (Å²) in [6, 6.07) is 1.64. The Morgan fingerprint density at radius 1 is 1.67 bits per heavy atom. The monoisotopic (exact) mass is 249 g/mol. The number of pyridine rings is 1. The minimum atomic E-state index is -0.420. The number of nitrogen functional groups attached to an aromatic ring is 1. The molecule has 1 atom stereocenters. The van der Waals surface area contributed by atoms with E-state index in [4.69, 9.17) is 10.5 Å². The molecule has 0 spiro atoms. The summed E-state index contributed by atoms with van der Waals surface area (Å²) in [6.45, 7) is 5.25. The van der Waals surface area contributed by atoms with Crippen LogP contribution in [0.2, 0.25) is 0 Å². The zero-order valence-electron chi connectivity index (χ0n) is 10.6. The van der Waals surface area contributed by atoms with Gasteiger partial charge in [-0.2, -0.15) is 0 Å². The number of hydrogen-bond acceptors (Lipinski definition) is 5. The van der Waals surface area contributed by atoms with Crippen molar-refractivity contribution < 1.29 is 9.53 Å². The van der Waals surface area contributed by atoms with Crippen LogP contribution < -0.4 is 5.73 Å².